The molecule has 0 bridgehead atoms. The number of hydrogen-bond acceptors (Lipinski definition) is 2. The van der Waals surface area contributed by atoms with E-state index in [2.05, 4.69) is 4.99 Å². The van der Waals surface area contributed by atoms with Crippen molar-refractivity contribution >= 4 is 28.8 Å². The number of halogens is 1. The second-order valence-corrected chi connectivity index (χ2v) is 5.36. The molecule has 0 unspecified atom stereocenters. The van der Waals surface area contributed by atoms with Crippen LogP contribution in [0.15, 0.2) is 53.5 Å². The van der Waals surface area contributed by atoms with Gasteiger partial charge in [-0.15, -0.1) is 0 Å². The van der Waals surface area contributed by atoms with Crippen LogP contribution in [0.4, 0.5) is 5.69 Å². The van der Waals surface area contributed by atoms with Crippen molar-refractivity contribution in [3.63, 3.8) is 0 Å². The molecule has 3 heteroatoms. The van der Waals surface area contributed by atoms with Crippen LogP contribution < -0.4 is 0 Å². The SMILES string of the molecule is O=C1CC(CCc2cccc(Cl)c2)=Nc2ccccc21. The molecule has 0 fully saturated rings. The number of hydrogen-bond donors (Lipinski definition) is 0. The van der Waals surface area contributed by atoms with Crippen molar-refractivity contribution in [3.8, 4) is 0 Å². The van der Waals surface area contributed by atoms with E-state index in [1.54, 1.807) is 0 Å². The monoisotopic (exact) mass is 283 g/mol. The molecule has 0 saturated carbocycles. The summed E-state index contributed by atoms with van der Waals surface area (Å²) in [5.41, 5.74) is 3.66. The first-order valence-corrected chi connectivity index (χ1v) is 7.03. The van der Waals surface area contributed by atoms with Crippen LogP contribution in [0, 0.1) is 0 Å². The predicted octanol–water partition coefficient (Wildman–Crippen LogP) is 4.63. The standard InChI is InChI=1S/C17H14ClNO/c18-13-5-3-4-12(10-13)8-9-14-11-17(20)15-6-1-2-7-16(15)19-14/h1-7,10H,8-9,11H2. The Balaban J connectivity index is 1.76. The van der Waals surface area contributed by atoms with Crippen molar-refractivity contribution in [2.24, 2.45) is 4.99 Å². The van der Waals surface area contributed by atoms with Crippen LogP contribution in [0.25, 0.3) is 0 Å². The van der Waals surface area contributed by atoms with Gasteiger partial charge >= 0.3 is 0 Å². The first kappa shape index (κ1) is 13.1. The molecule has 0 saturated heterocycles. The number of rotatable bonds is 3. The van der Waals surface area contributed by atoms with Gasteiger partial charge in [0.05, 0.1) is 5.69 Å². The number of fused-ring (bicyclic) bond motifs is 1. The summed E-state index contributed by atoms with van der Waals surface area (Å²) in [5, 5.41) is 0.745. The minimum atomic E-state index is 0.164. The first-order chi connectivity index (χ1) is 9.72. The zero-order valence-corrected chi connectivity index (χ0v) is 11.7. The Morgan fingerprint density at radius 2 is 1.90 bits per heavy atom. The average Bonchev–Trinajstić information content (AvgIpc) is 2.45. The Kier molecular flexibility index (Phi) is 3.66. The summed E-state index contributed by atoms with van der Waals surface area (Å²) in [7, 11) is 0. The lowest BCUT2D eigenvalue weighted by Crippen LogP contribution is -2.13. The molecule has 2 nitrogen and oxygen atoms in total. The molecule has 0 radical (unpaired) electrons. The number of Topliss-reactive ketones (excluding diaryl/α,β-unsaturated/α-hetero) is 1. The highest BCUT2D eigenvalue weighted by Crippen LogP contribution is 2.26. The zero-order chi connectivity index (χ0) is 13.9. The molecule has 1 aliphatic heterocycles. The van der Waals surface area contributed by atoms with Gasteiger partial charge in [0.25, 0.3) is 0 Å². The molecular formula is C17H14ClNO. The minimum Gasteiger partial charge on any atom is -0.294 e. The Labute approximate surface area is 123 Å². The number of benzene rings is 2. The number of ketones is 1. The van der Waals surface area contributed by atoms with E-state index in [9.17, 15) is 4.79 Å². The fourth-order valence-electron chi connectivity index (χ4n) is 2.42. The maximum Gasteiger partial charge on any atom is 0.170 e. The summed E-state index contributed by atoms with van der Waals surface area (Å²) in [6.07, 6.45) is 2.08. The van der Waals surface area contributed by atoms with Crippen molar-refractivity contribution in [1.82, 2.24) is 0 Å². The molecule has 0 aliphatic carbocycles. The molecule has 0 atom stereocenters. The van der Waals surface area contributed by atoms with Gasteiger partial charge in [-0.3, -0.25) is 9.79 Å². The Bertz CT molecular complexity index is 691. The summed E-state index contributed by atoms with van der Waals surface area (Å²) >= 11 is 5.97. The Hall–Kier alpha value is -1.93. The highest BCUT2D eigenvalue weighted by atomic mass is 35.5. The van der Waals surface area contributed by atoms with Crippen molar-refractivity contribution in [2.45, 2.75) is 19.3 Å². The lowest BCUT2D eigenvalue weighted by atomic mass is 9.96. The molecular weight excluding hydrogens is 270 g/mol. The number of nitrogens with zero attached hydrogens (tertiary/aromatic N) is 1. The first-order valence-electron chi connectivity index (χ1n) is 6.65. The van der Waals surface area contributed by atoms with Gasteiger partial charge in [-0.25, -0.2) is 0 Å². The lowest BCUT2D eigenvalue weighted by Gasteiger charge is -2.14. The second-order valence-electron chi connectivity index (χ2n) is 4.93. The molecule has 2 aromatic carbocycles. The molecule has 0 amide bonds. The highest BCUT2D eigenvalue weighted by molar-refractivity contribution is 6.30. The van der Waals surface area contributed by atoms with Crippen LogP contribution in [0.5, 0.6) is 0 Å². The number of aryl methyl sites for hydroxylation is 1. The van der Waals surface area contributed by atoms with Crippen molar-refractivity contribution < 1.29 is 4.79 Å². The summed E-state index contributed by atoms with van der Waals surface area (Å²) < 4.78 is 0. The molecule has 1 aliphatic rings. The summed E-state index contributed by atoms with van der Waals surface area (Å²) in [6, 6.07) is 15.3. The van der Waals surface area contributed by atoms with E-state index in [4.69, 9.17) is 11.6 Å². The number of carbonyl (C=O) groups is 1. The predicted molar refractivity (Wildman–Crippen MR) is 82.3 cm³/mol. The lowest BCUT2D eigenvalue weighted by molar-refractivity contribution is 0.0999. The van der Waals surface area contributed by atoms with E-state index in [0.717, 1.165) is 34.8 Å². The zero-order valence-electron chi connectivity index (χ0n) is 11.0. The van der Waals surface area contributed by atoms with Crippen molar-refractivity contribution in [3.05, 3.63) is 64.7 Å². The maximum atomic E-state index is 12.1. The summed E-state index contributed by atoms with van der Waals surface area (Å²) in [5.74, 6) is 0.164. The number of para-hydroxylation sites is 1. The Morgan fingerprint density at radius 1 is 1.05 bits per heavy atom. The molecule has 3 rings (SSSR count). The topological polar surface area (TPSA) is 29.4 Å². The minimum absolute atomic E-state index is 0.164. The maximum absolute atomic E-state index is 12.1. The van der Waals surface area contributed by atoms with E-state index in [1.807, 2.05) is 48.5 Å². The summed E-state index contributed by atoms with van der Waals surface area (Å²) in [6.45, 7) is 0. The third kappa shape index (κ3) is 2.81. The van der Waals surface area contributed by atoms with Crippen LogP contribution >= 0.6 is 11.6 Å². The number of aliphatic imine (C=N–C) groups is 1. The smallest absolute Gasteiger partial charge is 0.170 e. The van der Waals surface area contributed by atoms with Crippen LogP contribution in [-0.2, 0) is 6.42 Å². The molecule has 1 heterocycles. The highest BCUT2D eigenvalue weighted by Gasteiger charge is 2.18. The molecule has 0 aromatic heterocycles. The van der Waals surface area contributed by atoms with Crippen molar-refractivity contribution in [2.75, 3.05) is 0 Å². The van der Waals surface area contributed by atoms with Crippen LogP contribution in [0.3, 0.4) is 0 Å². The fraction of sp³-hybridized carbons (Fsp3) is 0.176. The molecule has 20 heavy (non-hydrogen) atoms. The number of carbonyl (C=O) groups excluding carboxylic acids is 1. The van der Waals surface area contributed by atoms with Crippen LogP contribution in [0.1, 0.15) is 28.8 Å². The van der Waals surface area contributed by atoms with Gasteiger partial charge in [0.1, 0.15) is 0 Å². The van der Waals surface area contributed by atoms with Gasteiger partial charge in [0, 0.05) is 22.7 Å². The van der Waals surface area contributed by atoms with Crippen molar-refractivity contribution in [1.29, 1.82) is 0 Å². The van der Waals surface area contributed by atoms with Gasteiger partial charge in [-0.1, -0.05) is 35.9 Å². The van der Waals surface area contributed by atoms with Gasteiger partial charge in [-0.2, -0.15) is 0 Å². The fourth-order valence-corrected chi connectivity index (χ4v) is 2.64. The van der Waals surface area contributed by atoms with E-state index >= 15 is 0 Å². The van der Waals surface area contributed by atoms with Crippen LogP contribution in [0.2, 0.25) is 5.02 Å². The largest absolute Gasteiger partial charge is 0.294 e. The van der Waals surface area contributed by atoms with Crippen LogP contribution in [-0.4, -0.2) is 11.5 Å². The van der Waals surface area contributed by atoms with Gasteiger partial charge in [-0.05, 0) is 42.7 Å². The normalized spacial score (nSPS) is 13.8. The second kappa shape index (κ2) is 5.59. The Morgan fingerprint density at radius 3 is 2.75 bits per heavy atom. The molecule has 100 valence electrons. The van der Waals surface area contributed by atoms with E-state index in [-0.39, 0.29) is 5.78 Å². The van der Waals surface area contributed by atoms with E-state index in [1.165, 1.54) is 5.56 Å². The molecule has 0 spiro atoms. The quantitative estimate of drug-likeness (QED) is 0.807. The average molecular weight is 284 g/mol. The molecule has 0 N–H and O–H groups in total. The van der Waals surface area contributed by atoms with Gasteiger partial charge in [0.15, 0.2) is 5.78 Å². The van der Waals surface area contributed by atoms with Gasteiger partial charge in [0.2, 0.25) is 0 Å². The van der Waals surface area contributed by atoms with E-state index in [0.29, 0.717) is 6.42 Å². The third-order valence-corrected chi connectivity index (χ3v) is 3.67. The van der Waals surface area contributed by atoms with E-state index < -0.39 is 0 Å². The third-order valence-electron chi connectivity index (χ3n) is 3.44. The van der Waals surface area contributed by atoms with Gasteiger partial charge < -0.3 is 0 Å². The molecule has 2 aromatic rings. The summed E-state index contributed by atoms with van der Waals surface area (Å²) in [4.78, 5) is 16.7.